The molecule has 8 nitrogen and oxygen atoms in total. The van der Waals surface area contributed by atoms with Crippen LogP contribution in [0.25, 0.3) is 22.4 Å². The largest absolute Gasteiger partial charge is 0.508 e. The van der Waals surface area contributed by atoms with Crippen LogP contribution >= 0.6 is 0 Å². The summed E-state index contributed by atoms with van der Waals surface area (Å²) >= 11 is 0. The minimum absolute atomic E-state index is 0.0787. The summed E-state index contributed by atoms with van der Waals surface area (Å²) < 4.78 is 4.70. The molecule has 2 atom stereocenters. The van der Waals surface area contributed by atoms with Gasteiger partial charge in [0.1, 0.15) is 17.6 Å². The Kier molecular flexibility index (Phi) is 6.86. The van der Waals surface area contributed by atoms with Crippen molar-refractivity contribution < 1.29 is 19.4 Å². The number of aromatic nitrogens is 2. The number of H-pyrrole nitrogens is 1. The molecule has 34 heavy (non-hydrogen) atoms. The van der Waals surface area contributed by atoms with E-state index in [2.05, 4.69) is 15.3 Å². The van der Waals surface area contributed by atoms with Gasteiger partial charge in [0.2, 0.25) is 5.91 Å². The number of rotatable bonds is 6. The van der Waals surface area contributed by atoms with Crippen LogP contribution < -0.4 is 5.32 Å². The first kappa shape index (κ1) is 23.4. The van der Waals surface area contributed by atoms with Gasteiger partial charge in [-0.2, -0.15) is 0 Å². The monoisotopic (exact) mass is 462 g/mol. The quantitative estimate of drug-likeness (QED) is 0.500. The third-order valence-corrected chi connectivity index (χ3v) is 6.21. The Bertz CT molecular complexity index is 1160. The van der Waals surface area contributed by atoms with Crippen molar-refractivity contribution in [2.45, 2.75) is 38.8 Å². The number of carbonyl (C=O) groups is 2. The van der Waals surface area contributed by atoms with Crippen LogP contribution in [0.3, 0.4) is 0 Å². The van der Waals surface area contributed by atoms with Crippen LogP contribution in [0.15, 0.2) is 54.7 Å². The SMILES string of the molecule is COC(=O)N[C@H](C(=O)N1CCC[C@@H]1c1ncc(-c2ccc(-c3cccc(O)c3)cc2)[nH]1)C(C)C. The minimum atomic E-state index is -0.660. The van der Waals surface area contributed by atoms with Crippen LogP contribution in [0.5, 0.6) is 5.75 Å². The third-order valence-electron chi connectivity index (χ3n) is 6.21. The molecule has 0 unspecified atom stereocenters. The number of methoxy groups -OCH3 is 1. The van der Waals surface area contributed by atoms with Crippen molar-refractivity contribution in [3.63, 3.8) is 0 Å². The number of nitrogens with one attached hydrogen (secondary N) is 2. The van der Waals surface area contributed by atoms with Crippen molar-refractivity contribution in [2.75, 3.05) is 13.7 Å². The van der Waals surface area contributed by atoms with Crippen LogP contribution in [-0.4, -0.2) is 51.7 Å². The summed E-state index contributed by atoms with van der Waals surface area (Å²) in [6.45, 7) is 4.41. The van der Waals surface area contributed by atoms with Gasteiger partial charge in [-0.05, 0) is 47.6 Å². The van der Waals surface area contributed by atoms with Gasteiger partial charge in [0.05, 0.1) is 25.0 Å². The standard InChI is InChI=1S/C26H30N4O4/c1-16(2)23(29-26(33)34-3)25(32)30-13-5-8-22(30)24-27-15-21(28-24)18-11-9-17(10-12-18)19-6-4-7-20(31)14-19/h4,6-7,9-12,14-16,22-23,31H,5,8,13H2,1-3H3,(H,27,28)(H,29,33)/t22-,23+/m1/s1. The number of phenolic OH excluding ortho intramolecular Hbond substituents is 1. The molecule has 2 aromatic carbocycles. The van der Waals surface area contributed by atoms with E-state index in [1.807, 2.05) is 50.2 Å². The maximum Gasteiger partial charge on any atom is 0.407 e. The molecule has 3 aromatic rings. The molecule has 2 heterocycles. The van der Waals surface area contributed by atoms with Gasteiger partial charge in [-0.15, -0.1) is 0 Å². The fourth-order valence-electron chi connectivity index (χ4n) is 4.37. The molecule has 2 amide bonds. The Morgan fingerprint density at radius 3 is 2.56 bits per heavy atom. The van der Waals surface area contributed by atoms with Crippen molar-refractivity contribution in [1.29, 1.82) is 0 Å². The molecule has 0 spiro atoms. The van der Waals surface area contributed by atoms with Gasteiger partial charge in [0, 0.05) is 6.54 Å². The number of aromatic hydroxyl groups is 1. The molecule has 1 saturated heterocycles. The molecule has 0 bridgehead atoms. The van der Waals surface area contributed by atoms with Crippen LogP contribution in [0, 0.1) is 5.92 Å². The van der Waals surface area contributed by atoms with Gasteiger partial charge in [-0.25, -0.2) is 9.78 Å². The molecular formula is C26H30N4O4. The molecule has 1 fully saturated rings. The Morgan fingerprint density at radius 2 is 1.88 bits per heavy atom. The van der Waals surface area contributed by atoms with E-state index in [1.165, 1.54) is 7.11 Å². The lowest BCUT2D eigenvalue weighted by Gasteiger charge is -2.30. The summed E-state index contributed by atoms with van der Waals surface area (Å²) in [4.78, 5) is 34.8. The number of imidazole rings is 1. The summed E-state index contributed by atoms with van der Waals surface area (Å²) in [5.74, 6) is 0.761. The van der Waals surface area contributed by atoms with Crippen molar-refractivity contribution >= 4 is 12.0 Å². The van der Waals surface area contributed by atoms with E-state index >= 15 is 0 Å². The predicted octanol–water partition coefficient (Wildman–Crippen LogP) is 4.49. The average molecular weight is 463 g/mol. The van der Waals surface area contributed by atoms with E-state index in [0.29, 0.717) is 6.54 Å². The fraction of sp³-hybridized carbons (Fsp3) is 0.346. The first-order chi connectivity index (χ1) is 16.4. The van der Waals surface area contributed by atoms with E-state index in [9.17, 15) is 14.7 Å². The Hall–Kier alpha value is -3.81. The second-order valence-corrected chi connectivity index (χ2v) is 8.86. The molecule has 1 aliphatic heterocycles. The Morgan fingerprint density at radius 1 is 1.15 bits per heavy atom. The van der Waals surface area contributed by atoms with Gasteiger partial charge in [0.25, 0.3) is 0 Å². The average Bonchev–Trinajstić information content (AvgIpc) is 3.51. The molecule has 0 saturated carbocycles. The zero-order valence-corrected chi connectivity index (χ0v) is 19.6. The molecule has 178 valence electrons. The summed E-state index contributed by atoms with van der Waals surface area (Å²) in [6, 6.07) is 14.3. The second-order valence-electron chi connectivity index (χ2n) is 8.86. The van der Waals surface area contributed by atoms with Gasteiger partial charge in [-0.1, -0.05) is 50.2 Å². The van der Waals surface area contributed by atoms with Crippen molar-refractivity contribution in [3.05, 3.63) is 60.6 Å². The highest BCUT2D eigenvalue weighted by atomic mass is 16.5. The van der Waals surface area contributed by atoms with E-state index in [4.69, 9.17) is 4.74 Å². The lowest BCUT2D eigenvalue weighted by Crippen LogP contribution is -2.51. The van der Waals surface area contributed by atoms with Crippen LogP contribution in [-0.2, 0) is 9.53 Å². The van der Waals surface area contributed by atoms with E-state index in [0.717, 1.165) is 41.1 Å². The number of amides is 2. The molecular weight excluding hydrogens is 432 g/mol. The summed E-state index contributed by atoms with van der Waals surface area (Å²) in [5.41, 5.74) is 3.79. The number of carbonyl (C=O) groups excluding carboxylic acids is 2. The maximum absolute atomic E-state index is 13.3. The summed E-state index contributed by atoms with van der Waals surface area (Å²) in [6.07, 6.45) is 2.84. The molecule has 0 radical (unpaired) electrons. The number of ether oxygens (including phenoxy) is 1. The molecule has 0 aliphatic carbocycles. The number of hydrogen-bond donors (Lipinski definition) is 3. The van der Waals surface area contributed by atoms with Gasteiger partial charge >= 0.3 is 6.09 Å². The van der Waals surface area contributed by atoms with Gasteiger partial charge in [-0.3, -0.25) is 4.79 Å². The molecule has 3 N–H and O–H groups in total. The highest BCUT2D eigenvalue weighted by molar-refractivity contribution is 5.86. The zero-order valence-electron chi connectivity index (χ0n) is 19.6. The predicted molar refractivity (Wildman–Crippen MR) is 129 cm³/mol. The van der Waals surface area contributed by atoms with Crippen molar-refractivity contribution in [2.24, 2.45) is 5.92 Å². The lowest BCUT2D eigenvalue weighted by molar-refractivity contribution is -0.135. The first-order valence-electron chi connectivity index (χ1n) is 11.5. The van der Waals surface area contributed by atoms with Crippen LogP contribution in [0.2, 0.25) is 0 Å². The normalized spacial score (nSPS) is 16.5. The lowest BCUT2D eigenvalue weighted by atomic mass is 10.0. The van der Waals surface area contributed by atoms with E-state index < -0.39 is 12.1 Å². The van der Waals surface area contributed by atoms with Crippen LogP contribution in [0.4, 0.5) is 4.79 Å². The number of likely N-dealkylation sites (tertiary alicyclic amines) is 1. The Balaban J connectivity index is 1.51. The number of phenols is 1. The molecule has 8 heteroatoms. The zero-order chi connectivity index (χ0) is 24.2. The van der Waals surface area contributed by atoms with Gasteiger partial charge < -0.3 is 25.0 Å². The van der Waals surface area contributed by atoms with Crippen molar-refractivity contribution in [3.8, 4) is 28.1 Å². The minimum Gasteiger partial charge on any atom is -0.508 e. The van der Waals surface area contributed by atoms with E-state index in [1.54, 1.807) is 23.2 Å². The van der Waals surface area contributed by atoms with Crippen molar-refractivity contribution in [1.82, 2.24) is 20.2 Å². The maximum atomic E-state index is 13.3. The second kappa shape index (κ2) is 9.99. The summed E-state index contributed by atoms with van der Waals surface area (Å²) in [5, 5.41) is 12.4. The number of alkyl carbamates (subject to hydrolysis) is 1. The smallest absolute Gasteiger partial charge is 0.407 e. The Labute approximate surface area is 199 Å². The van der Waals surface area contributed by atoms with Crippen LogP contribution in [0.1, 0.15) is 38.6 Å². The number of nitrogens with zero attached hydrogens (tertiary/aromatic N) is 2. The van der Waals surface area contributed by atoms with Gasteiger partial charge in [0.15, 0.2) is 0 Å². The number of benzene rings is 2. The molecule has 1 aromatic heterocycles. The topological polar surface area (TPSA) is 108 Å². The molecule has 4 rings (SSSR count). The first-order valence-corrected chi connectivity index (χ1v) is 11.5. The fourth-order valence-corrected chi connectivity index (χ4v) is 4.37. The number of aromatic amines is 1. The summed E-state index contributed by atoms with van der Waals surface area (Å²) in [7, 11) is 1.29. The third kappa shape index (κ3) is 4.90. The highest BCUT2D eigenvalue weighted by Gasteiger charge is 2.37. The number of hydrogen-bond acceptors (Lipinski definition) is 5. The van der Waals surface area contributed by atoms with E-state index in [-0.39, 0.29) is 23.6 Å². The highest BCUT2D eigenvalue weighted by Crippen LogP contribution is 2.33. The molecule has 1 aliphatic rings.